The summed E-state index contributed by atoms with van der Waals surface area (Å²) in [4.78, 5) is 25.4. The minimum Gasteiger partial charge on any atom is -0.478 e. The Morgan fingerprint density at radius 1 is 1.07 bits per heavy atom. The standard InChI is InChI=1S/C29H22ClF3N2O4S/c1-18(30)11-13-21-7-5-15-35(21)40(39)22-8-4-6-20(16-22)27(36)34-26-14-12-19(17-24(26)28(37)38)23-9-2-3-10-25(23)29(31,32)33/h2-4,6-14,16-17H,1,5,15H2,(H,34,36)(H,37,38)/b13-11-. The normalized spacial score (nSPS) is 14.2. The zero-order valence-corrected chi connectivity index (χ0v) is 22.3. The summed E-state index contributed by atoms with van der Waals surface area (Å²) in [5.41, 5.74) is -0.757. The van der Waals surface area contributed by atoms with E-state index in [0.29, 0.717) is 28.6 Å². The van der Waals surface area contributed by atoms with Crippen LogP contribution in [0, 0.1) is 0 Å². The monoisotopic (exact) mass is 586 g/mol. The topological polar surface area (TPSA) is 86.7 Å². The van der Waals surface area contributed by atoms with Gasteiger partial charge in [-0.25, -0.2) is 9.00 Å². The van der Waals surface area contributed by atoms with Crippen LogP contribution in [-0.4, -0.2) is 32.0 Å². The van der Waals surface area contributed by atoms with E-state index in [1.807, 2.05) is 6.08 Å². The van der Waals surface area contributed by atoms with Crippen molar-refractivity contribution in [2.75, 3.05) is 11.9 Å². The molecule has 6 nitrogen and oxygen atoms in total. The highest BCUT2D eigenvalue weighted by atomic mass is 35.5. The van der Waals surface area contributed by atoms with E-state index in [-0.39, 0.29) is 27.9 Å². The number of benzene rings is 3. The Morgan fingerprint density at radius 3 is 2.52 bits per heavy atom. The largest absolute Gasteiger partial charge is 0.478 e. The lowest BCUT2D eigenvalue weighted by Gasteiger charge is -2.19. The minimum absolute atomic E-state index is 0.0296. The summed E-state index contributed by atoms with van der Waals surface area (Å²) in [5.74, 6) is -2.11. The number of carboxylic acid groups (broad SMARTS) is 1. The summed E-state index contributed by atoms with van der Waals surface area (Å²) in [6.07, 6.45) is 1.20. The fraction of sp³-hybridized carbons (Fsp3) is 0.103. The van der Waals surface area contributed by atoms with Crippen molar-refractivity contribution >= 4 is 40.2 Å². The molecule has 0 aliphatic carbocycles. The van der Waals surface area contributed by atoms with Gasteiger partial charge in [0.25, 0.3) is 5.91 Å². The first kappa shape index (κ1) is 28.8. The molecule has 40 heavy (non-hydrogen) atoms. The van der Waals surface area contributed by atoms with Crippen molar-refractivity contribution in [1.29, 1.82) is 0 Å². The maximum Gasteiger partial charge on any atom is 0.417 e. The maximum atomic E-state index is 13.5. The maximum absolute atomic E-state index is 13.5. The SMILES string of the molecule is C=C(Cl)/C=C\C1=CCCN1S(=O)c1cccc(C(=O)Nc2ccc(-c3ccccc3C(F)(F)F)cc2C(=O)O)c1. The van der Waals surface area contributed by atoms with Crippen molar-refractivity contribution in [3.8, 4) is 11.1 Å². The zero-order chi connectivity index (χ0) is 29.0. The van der Waals surface area contributed by atoms with Crippen molar-refractivity contribution < 1.29 is 32.1 Å². The number of aromatic carboxylic acids is 1. The predicted molar refractivity (Wildman–Crippen MR) is 148 cm³/mol. The fourth-order valence-electron chi connectivity index (χ4n) is 4.11. The number of hydrogen-bond donors (Lipinski definition) is 2. The Kier molecular flexibility index (Phi) is 8.61. The van der Waals surface area contributed by atoms with Crippen LogP contribution in [0.3, 0.4) is 0 Å². The molecular formula is C29H22ClF3N2O4S. The second kappa shape index (κ2) is 11.9. The van der Waals surface area contributed by atoms with Crippen molar-refractivity contribution in [1.82, 2.24) is 4.31 Å². The van der Waals surface area contributed by atoms with Crippen molar-refractivity contribution in [2.24, 2.45) is 0 Å². The number of anilines is 1. The summed E-state index contributed by atoms with van der Waals surface area (Å²) < 4.78 is 55.4. The number of alkyl halides is 3. The molecule has 1 aliphatic heterocycles. The summed E-state index contributed by atoms with van der Waals surface area (Å²) in [6.45, 7) is 4.08. The molecule has 1 amide bonds. The fourth-order valence-corrected chi connectivity index (χ4v) is 5.45. The Bertz CT molecular complexity index is 1580. The van der Waals surface area contributed by atoms with Crippen molar-refractivity contribution in [2.45, 2.75) is 17.5 Å². The number of rotatable bonds is 8. The summed E-state index contributed by atoms with van der Waals surface area (Å²) >= 11 is 5.79. The Balaban J connectivity index is 1.59. The van der Waals surface area contributed by atoms with E-state index in [1.165, 1.54) is 42.5 Å². The smallest absolute Gasteiger partial charge is 0.417 e. The van der Waals surface area contributed by atoms with E-state index in [9.17, 15) is 32.1 Å². The van der Waals surface area contributed by atoms with Crippen molar-refractivity contribution in [3.05, 3.63) is 119 Å². The third-order valence-electron chi connectivity index (χ3n) is 5.95. The van der Waals surface area contributed by atoms with Crippen LogP contribution in [-0.2, 0) is 17.2 Å². The Morgan fingerprint density at radius 2 is 1.82 bits per heavy atom. The first-order chi connectivity index (χ1) is 19.0. The van der Waals surface area contributed by atoms with Gasteiger partial charge in [0.2, 0.25) is 0 Å². The van der Waals surface area contributed by atoms with E-state index >= 15 is 0 Å². The highest BCUT2D eigenvalue weighted by Crippen LogP contribution is 2.38. The molecule has 1 atom stereocenters. The molecule has 0 aromatic heterocycles. The van der Waals surface area contributed by atoms with E-state index in [1.54, 1.807) is 28.6 Å². The third kappa shape index (κ3) is 6.52. The first-order valence-electron chi connectivity index (χ1n) is 11.8. The number of carboxylic acids is 1. The van der Waals surface area contributed by atoms with Gasteiger partial charge in [0, 0.05) is 22.8 Å². The molecular weight excluding hydrogens is 565 g/mol. The molecule has 1 unspecified atom stereocenters. The van der Waals surface area contributed by atoms with E-state index < -0.39 is 34.6 Å². The molecule has 206 valence electrons. The van der Waals surface area contributed by atoms with Gasteiger partial charge in [-0.3, -0.25) is 9.10 Å². The molecule has 2 N–H and O–H groups in total. The lowest BCUT2D eigenvalue weighted by molar-refractivity contribution is -0.137. The van der Waals surface area contributed by atoms with Gasteiger partial charge in [0.15, 0.2) is 11.0 Å². The highest BCUT2D eigenvalue weighted by Gasteiger charge is 2.33. The quantitative estimate of drug-likeness (QED) is 0.272. The van der Waals surface area contributed by atoms with Crippen LogP contribution in [0.25, 0.3) is 11.1 Å². The van der Waals surface area contributed by atoms with Gasteiger partial charge in [0.1, 0.15) is 0 Å². The molecule has 3 aromatic rings. The van der Waals surface area contributed by atoms with Crippen LogP contribution in [0.15, 0.2) is 107 Å². The van der Waals surface area contributed by atoms with Gasteiger partial charge < -0.3 is 10.4 Å². The lowest BCUT2D eigenvalue weighted by Crippen LogP contribution is -2.22. The molecule has 0 saturated heterocycles. The summed E-state index contributed by atoms with van der Waals surface area (Å²) in [7, 11) is -1.65. The molecule has 1 aliphatic rings. The highest BCUT2D eigenvalue weighted by molar-refractivity contribution is 7.82. The average Bonchev–Trinajstić information content (AvgIpc) is 3.40. The predicted octanol–water partition coefficient (Wildman–Crippen LogP) is 7.24. The first-order valence-corrected chi connectivity index (χ1v) is 13.3. The zero-order valence-electron chi connectivity index (χ0n) is 20.7. The Hall–Kier alpha value is -4.15. The number of hydrogen-bond acceptors (Lipinski definition) is 3. The van der Waals surface area contributed by atoms with Crippen LogP contribution in [0.1, 0.15) is 32.7 Å². The van der Waals surface area contributed by atoms with Crippen LogP contribution in [0.5, 0.6) is 0 Å². The number of nitrogens with one attached hydrogen (secondary N) is 1. The van der Waals surface area contributed by atoms with Crippen molar-refractivity contribution in [3.63, 3.8) is 0 Å². The number of halogens is 4. The van der Waals surface area contributed by atoms with Gasteiger partial charge in [-0.05, 0) is 66.1 Å². The molecule has 0 saturated carbocycles. The lowest BCUT2D eigenvalue weighted by atomic mass is 9.97. The van der Waals surface area contributed by atoms with Gasteiger partial charge in [-0.1, -0.05) is 54.6 Å². The summed E-state index contributed by atoms with van der Waals surface area (Å²) in [6, 6.07) is 14.5. The van der Waals surface area contributed by atoms with Crippen LogP contribution in [0.2, 0.25) is 0 Å². The minimum atomic E-state index is -4.64. The molecule has 0 bridgehead atoms. The molecule has 11 heteroatoms. The van der Waals surface area contributed by atoms with Crippen LogP contribution in [0.4, 0.5) is 18.9 Å². The average molecular weight is 587 g/mol. The molecule has 3 aromatic carbocycles. The number of carbonyl (C=O) groups is 2. The van der Waals surface area contributed by atoms with Crippen LogP contribution < -0.4 is 5.32 Å². The number of nitrogens with zero attached hydrogens (tertiary/aromatic N) is 1. The molecule has 0 spiro atoms. The van der Waals surface area contributed by atoms with E-state index in [2.05, 4.69) is 11.9 Å². The van der Waals surface area contributed by atoms with Gasteiger partial charge >= 0.3 is 12.1 Å². The van der Waals surface area contributed by atoms with E-state index in [4.69, 9.17) is 11.6 Å². The van der Waals surface area contributed by atoms with Gasteiger partial charge in [-0.15, -0.1) is 0 Å². The van der Waals surface area contributed by atoms with Crippen LogP contribution >= 0.6 is 11.6 Å². The summed E-state index contributed by atoms with van der Waals surface area (Å²) in [5, 5.41) is 12.6. The van der Waals surface area contributed by atoms with E-state index in [0.717, 1.165) is 12.1 Å². The molecule has 4 rings (SSSR count). The molecule has 0 radical (unpaired) electrons. The number of amides is 1. The van der Waals surface area contributed by atoms with Gasteiger partial charge in [0.05, 0.1) is 21.7 Å². The Labute approximate surface area is 235 Å². The number of carbonyl (C=O) groups excluding carboxylic acids is 1. The third-order valence-corrected chi connectivity index (χ3v) is 7.53. The number of allylic oxidation sites excluding steroid dienone is 3. The molecule has 1 heterocycles. The second-order valence-corrected chi connectivity index (χ2v) is 10.5. The second-order valence-electron chi connectivity index (χ2n) is 8.64. The molecule has 0 fully saturated rings. The van der Waals surface area contributed by atoms with Gasteiger partial charge in [-0.2, -0.15) is 13.2 Å².